The van der Waals surface area contributed by atoms with Crippen molar-refractivity contribution in [2.24, 2.45) is 0 Å². The molecule has 0 saturated heterocycles. The Kier molecular flexibility index (Phi) is 6.49. The number of carbonyl (C=O) groups excluding carboxylic acids is 1. The van der Waals surface area contributed by atoms with Gasteiger partial charge in [0.25, 0.3) is 0 Å². The van der Waals surface area contributed by atoms with Gasteiger partial charge < -0.3 is 18.9 Å². The van der Waals surface area contributed by atoms with Crippen LogP contribution in [-0.4, -0.2) is 26.3 Å². The van der Waals surface area contributed by atoms with Gasteiger partial charge in [-0.1, -0.05) is 24.3 Å². The zero-order valence-corrected chi connectivity index (χ0v) is 21.9. The van der Waals surface area contributed by atoms with Gasteiger partial charge in [-0.25, -0.2) is 4.79 Å². The van der Waals surface area contributed by atoms with Gasteiger partial charge in [0.05, 0.1) is 17.3 Å². The van der Waals surface area contributed by atoms with Crippen LogP contribution in [0.5, 0.6) is 5.75 Å². The Morgan fingerprint density at radius 1 is 1.05 bits per heavy atom. The fourth-order valence-corrected chi connectivity index (χ4v) is 6.46. The lowest BCUT2D eigenvalue weighted by molar-refractivity contribution is -0.0762. The van der Waals surface area contributed by atoms with Gasteiger partial charge in [-0.3, -0.25) is 0 Å². The van der Waals surface area contributed by atoms with Crippen LogP contribution in [0.3, 0.4) is 0 Å². The molecule has 2 aliphatic rings. The second kappa shape index (κ2) is 9.93. The maximum Gasteiger partial charge on any atom is 0.338 e. The molecular weight excluding hydrogens is 484 g/mol. The normalized spacial score (nSPS) is 21.1. The van der Waals surface area contributed by atoms with Crippen molar-refractivity contribution in [2.75, 3.05) is 14.2 Å². The zero-order chi connectivity index (χ0) is 25.4. The maximum absolute atomic E-state index is 12.4. The minimum absolute atomic E-state index is 0.261. The van der Waals surface area contributed by atoms with Crippen LogP contribution in [0.4, 0.5) is 0 Å². The molecule has 0 spiro atoms. The molecule has 0 N–H and O–H groups in total. The number of hydrogen-bond donors (Lipinski definition) is 0. The Morgan fingerprint density at radius 3 is 2.68 bits per heavy atom. The van der Waals surface area contributed by atoms with Crippen LogP contribution in [-0.2, 0) is 33.0 Å². The molecule has 1 fully saturated rings. The van der Waals surface area contributed by atoms with E-state index in [9.17, 15) is 4.79 Å². The van der Waals surface area contributed by atoms with Gasteiger partial charge in [0.2, 0.25) is 0 Å². The van der Waals surface area contributed by atoms with E-state index in [1.165, 1.54) is 5.56 Å². The van der Waals surface area contributed by atoms with Gasteiger partial charge >= 0.3 is 5.97 Å². The standard InChI is InChI=1S/C31H30O5S/c1-33-24-8-11-31(34-2,12-9-24)23-5-3-4-20(14-23)17-35-25-6-7-26-22(15-25)16-27-28(18-36-30(27)32)29(26)21-10-13-37-19-21/h3-7,10,13-16,19,24H,8-9,11-12,17-18H2,1-2H3. The van der Waals surface area contributed by atoms with Gasteiger partial charge in [-0.15, -0.1) is 0 Å². The summed E-state index contributed by atoms with van der Waals surface area (Å²) in [4.78, 5) is 12.4. The topological polar surface area (TPSA) is 54.0 Å². The van der Waals surface area contributed by atoms with Crippen LogP contribution in [0.15, 0.2) is 65.4 Å². The Balaban J connectivity index is 1.26. The number of methoxy groups -OCH3 is 2. The lowest BCUT2D eigenvalue weighted by atomic mass is 9.78. The van der Waals surface area contributed by atoms with E-state index >= 15 is 0 Å². The summed E-state index contributed by atoms with van der Waals surface area (Å²) in [5.74, 6) is 0.505. The first-order chi connectivity index (χ1) is 18.1. The van der Waals surface area contributed by atoms with E-state index in [0.717, 1.165) is 64.5 Å². The van der Waals surface area contributed by atoms with E-state index in [4.69, 9.17) is 18.9 Å². The fourth-order valence-electron chi connectivity index (χ4n) is 5.82. The predicted octanol–water partition coefficient (Wildman–Crippen LogP) is 7.25. The highest BCUT2D eigenvalue weighted by molar-refractivity contribution is 7.08. The Labute approximate surface area is 220 Å². The summed E-state index contributed by atoms with van der Waals surface area (Å²) in [7, 11) is 3.60. The molecule has 1 aliphatic carbocycles. The summed E-state index contributed by atoms with van der Waals surface area (Å²) in [6.07, 6.45) is 4.18. The van der Waals surface area contributed by atoms with Crippen molar-refractivity contribution < 1.29 is 23.7 Å². The highest BCUT2D eigenvalue weighted by atomic mass is 32.1. The molecule has 0 bridgehead atoms. The first-order valence-corrected chi connectivity index (χ1v) is 13.6. The zero-order valence-electron chi connectivity index (χ0n) is 21.1. The van der Waals surface area contributed by atoms with E-state index in [1.54, 1.807) is 18.4 Å². The quantitative estimate of drug-likeness (QED) is 0.243. The second-order valence-electron chi connectivity index (χ2n) is 9.87. The largest absolute Gasteiger partial charge is 0.489 e. The smallest absolute Gasteiger partial charge is 0.338 e. The summed E-state index contributed by atoms with van der Waals surface area (Å²) in [6, 6.07) is 18.7. The number of rotatable bonds is 7. The SMILES string of the molecule is COC1CCC(OC)(c2cccc(COc3ccc4c(-c5ccsc5)c5c(cc4c3)C(=O)OC5)c2)CC1. The van der Waals surface area contributed by atoms with Gasteiger partial charge in [-0.05, 0) is 99.8 Å². The number of cyclic esters (lactones) is 1. The van der Waals surface area contributed by atoms with E-state index in [1.807, 2.05) is 25.3 Å². The van der Waals surface area contributed by atoms with Crippen molar-refractivity contribution in [1.82, 2.24) is 0 Å². The molecule has 1 aliphatic heterocycles. The summed E-state index contributed by atoms with van der Waals surface area (Å²) in [6.45, 7) is 0.767. The number of ether oxygens (including phenoxy) is 4. The number of hydrogen-bond acceptors (Lipinski definition) is 6. The van der Waals surface area contributed by atoms with Crippen LogP contribution >= 0.6 is 11.3 Å². The Morgan fingerprint density at radius 2 is 1.92 bits per heavy atom. The molecule has 1 saturated carbocycles. The molecule has 6 heteroatoms. The first-order valence-electron chi connectivity index (χ1n) is 12.7. The Bertz CT molecular complexity index is 1430. The third-order valence-electron chi connectivity index (χ3n) is 7.92. The molecule has 190 valence electrons. The van der Waals surface area contributed by atoms with Gasteiger partial charge in [0.1, 0.15) is 19.0 Å². The van der Waals surface area contributed by atoms with E-state index in [2.05, 4.69) is 47.2 Å². The van der Waals surface area contributed by atoms with Crippen molar-refractivity contribution in [1.29, 1.82) is 0 Å². The van der Waals surface area contributed by atoms with Crippen LogP contribution < -0.4 is 4.74 Å². The number of esters is 1. The first kappa shape index (κ1) is 24.2. The van der Waals surface area contributed by atoms with Gasteiger partial charge in [0.15, 0.2) is 0 Å². The van der Waals surface area contributed by atoms with Crippen LogP contribution in [0.2, 0.25) is 0 Å². The summed E-state index contributed by atoms with van der Waals surface area (Å²) < 4.78 is 23.3. The van der Waals surface area contributed by atoms with Gasteiger partial charge in [-0.2, -0.15) is 11.3 Å². The van der Waals surface area contributed by atoms with E-state index in [0.29, 0.717) is 24.9 Å². The van der Waals surface area contributed by atoms with Crippen LogP contribution in [0, 0.1) is 0 Å². The number of thiophene rings is 1. The average molecular weight is 515 g/mol. The summed E-state index contributed by atoms with van der Waals surface area (Å²) >= 11 is 1.65. The van der Waals surface area contributed by atoms with E-state index in [-0.39, 0.29) is 11.6 Å². The monoisotopic (exact) mass is 514 g/mol. The highest BCUT2D eigenvalue weighted by Crippen LogP contribution is 2.42. The fraction of sp³-hybridized carbons (Fsp3) is 0.323. The molecule has 2 heterocycles. The van der Waals surface area contributed by atoms with Crippen molar-refractivity contribution in [3.8, 4) is 16.9 Å². The van der Waals surface area contributed by atoms with Crippen molar-refractivity contribution in [3.05, 3.63) is 87.6 Å². The van der Waals surface area contributed by atoms with Crippen LogP contribution in [0.25, 0.3) is 21.9 Å². The predicted molar refractivity (Wildman–Crippen MR) is 145 cm³/mol. The second-order valence-corrected chi connectivity index (χ2v) is 10.7. The number of benzene rings is 3. The van der Waals surface area contributed by atoms with E-state index < -0.39 is 0 Å². The van der Waals surface area contributed by atoms with Crippen molar-refractivity contribution >= 4 is 28.1 Å². The average Bonchev–Trinajstić information content (AvgIpc) is 3.61. The summed E-state index contributed by atoms with van der Waals surface area (Å²) in [5, 5.41) is 6.24. The third kappa shape index (κ3) is 4.43. The molecule has 0 unspecified atom stereocenters. The Hall–Kier alpha value is -3.19. The molecule has 0 atom stereocenters. The molecule has 0 amide bonds. The minimum atomic E-state index is -0.277. The van der Waals surface area contributed by atoms with Crippen molar-refractivity contribution in [2.45, 2.75) is 50.6 Å². The minimum Gasteiger partial charge on any atom is -0.489 e. The molecule has 1 aromatic heterocycles. The molecule has 3 aromatic carbocycles. The maximum atomic E-state index is 12.4. The third-order valence-corrected chi connectivity index (χ3v) is 8.60. The highest BCUT2D eigenvalue weighted by Gasteiger charge is 2.37. The number of fused-ring (bicyclic) bond motifs is 2. The van der Waals surface area contributed by atoms with Crippen molar-refractivity contribution in [3.63, 3.8) is 0 Å². The lowest BCUT2D eigenvalue weighted by Gasteiger charge is -2.39. The molecule has 5 nitrogen and oxygen atoms in total. The summed E-state index contributed by atoms with van der Waals surface area (Å²) in [5.41, 5.74) is 5.81. The van der Waals surface area contributed by atoms with Crippen LogP contribution in [0.1, 0.15) is 52.7 Å². The molecular formula is C31H30O5S. The number of carbonyl (C=O) groups is 1. The molecule has 6 rings (SSSR count). The lowest BCUT2D eigenvalue weighted by Crippen LogP contribution is -2.36. The molecule has 37 heavy (non-hydrogen) atoms. The molecule has 4 aromatic rings. The van der Waals surface area contributed by atoms with Gasteiger partial charge in [0, 0.05) is 19.8 Å². The molecule has 0 radical (unpaired) electrons.